The second-order valence-electron chi connectivity index (χ2n) is 10.7. The molecule has 1 fully saturated rings. The van der Waals surface area contributed by atoms with Crippen molar-refractivity contribution in [3.8, 4) is 0 Å². The third-order valence-electron chi connectivity index (χ3n) is 6.45. The molecular weight excluding hydrogens is 699 g/mol. The first-order valence-electron chi connectivity index (χ1n) is 13.6. The number of amides is 2. The zero-order chi connectivity index (χ0) is 35.4. The molecule has 47 heavy (non-hydrogen) atoms. The summed E-state index contributed by atoms with van der Waals surface area (Å²) in [5.41, 5.74) is 4.31. The van der Waals surface area contributed by atoms with Crippen molar-refractivity contribution in [2.45, 2.75) is 57.8 Å². The highest BCUT2D eigenvalue weighted by Crippen LogP contribution is 2.61. The van der Waals surface area contributed by atoms with E-state index in [2.05, 4.69) is 34.4 Å². The van der Waals surface area contributed by atoms with Gasteiger partial charge in [-0.25, -0.2) is 28.6 Å². The Kier molecular flexibility index (Phi) is 12.8. The van der Waals surface area contributed by atoms with Gasteiger partial charge in [0.15, 0.2) is 17.7 Å². The number of ether oxygens (including phenoxy) is 1. The molecule has 3 heterocycles. The van der Waals surface area contributed by atoms with Crippen molar-refractivity contribution in [2.75, 3.05) is 32.0 Å². The molecule has 0 bridgehead atoms. The van der Waals surface area contributed by atoms with Crippen LogP contribution in [0.1, 0.15) is 33.4 Å². The number of hydrogen-bond donors (Lipinski definition) is 9. The van der Waals surface area contributed by atoms with Gasteiger partial charge in [0.25, 0.3) is 0 Å². The SMILES string of the molecule is CCNC(=O)CCNC(=O)[C@@H](O)C(C)(C)COP(=O)(O)OP(=O)(O)OC[C@@H]1O[C@H](n2cnc3c(N)ncnc32)[C@@H](O)[C@H]1OP(=O)(O)O. The molecule has 0 aliphatic carbocycles. The maximum atomic E-state index is 12.6. The van der Waals surface area contributed by atoms with Crippen LogP contribution in [0.2, 0.25) is 0 Å². The topological polar surface area (TPSA) is 347 Å². The molecule has 23 nitrogen and oxygen atoms in total. The molecule has 1 aliphatic heterocycles. The number of nitrogens with two attached hydrogens (primary N) is 1. The average Bonchev–Trinajstić information content (AvgIpc) is 3.51. The lowest BCUT2D eigenvalue weighted by molar-refractivity contribution is -0.137. The molecule has 3 rings (SSSR count). The maximum absolute atomic E-state index is 12.6. The molecule has 266 valence electrons. The second kappa shape index (κ2) is 15.4. The van der Waals surface area contributed by atoms with Crippen LogP contribution in [0.15, 0.2) is 12.7 Å². The zero-order valence-electron chi connectivity index (χ0n) is 25.1. The van der Waals surface area contributed by atoms with Gasteiger partial charge in [0.1, 0.15) is 36.3 Å². The lowest BCUT2D eigenvalue weighted by Crippen LogP contribution is -2.46. The number of carbonyl (C=O) groups excluding carboxylic acids is 2. The minimum Gasteiger partial charge on any atom is -0.386 e. The number of fused-ring (bicyclic) bond motifs is 1. The number of hydrogen-bond acceptors (Lipinski definition) is 16. The predicted octanol–water partition coefficient (Wildman–Crippen LogP) is -1.58. The number of phosphoric ester groups is 3. The Hall–Kier alpha value is -2.46. The molecule has 0 radical (unpaired) electrons. The summed E-state index contributed by atoms with van der Waals surface area (Å²) >= 11 is 0. The Labute approximate surface area is 266 Å². The van der Waals surface area contributed by atoms with Gasteiger partial charge in [-0.1, -0.05) is 13.8 Å². The number of anilines is 1. The molecular formula is C21H36N7O16P3. The van der Waals surface area contributed by atoms with Gasteiger partial charge < -0.3 is 50.9 Å². The number of nitrogens with zero attached hydrogens (tertiary/aromatic N) is 4. The predicted molar refractivity (Wildman–Crippen MR) is 155 cm³/mol. The average molecular weight is 735 g/mol. The van der Waals surface area contributed by atoms with Crippen molar-refractivity contribution in [2.24, 2.45) is 5.41 Å². The van der Waals surface area contributed by atoms with Crippen molar-refractivity contribution in [3.05, 3.63) is 12.7 Å². The van der Waals surface area contributed by atoms with Gasteiger partial charge in [0.05, 0.1) is 19.5 Å². The summed E-state index contributed by atoms with van der Waals surface area (Å²) in [6.07, 6.45) is -6.68. The van der Waals surface area contributed by atoms with Crippen molar-refractivity contribution in [1.82, 2.24) is 30.2 Å². The summed E-state index contributed by atoms with van der Waals surface area (Å²) in [7, 11) is -16.3. The molecule has 1 saturated heterocycles. The van der Waals surface area contributed by atoms with Crippen LogP contribution in [-0.4, -0.2) is 112 Å². The monoisotopic (exact) mass is 735 g/mol. The summed E-state index contributed by atoms with van der Waals surface area (Å²) < 4.78 is 61.6. The van der Waals surface area contributed by atoms with Crippen molar-refractivity contribution in [3.63, 3.8) is 0 Å². The lowest BCUT2D eigenvalue weighted by Gasteiger charge is -2.30. The van der Waals surface area contributed by atoms with Crippen molar-refractivity contribution >= 4 is 52.3 Å². The number of aromatic nitrogens is 4. The molecule has 26 heteroatoms. The van der Waals surface area contributed by atoms with E-state index < -0.39 is 78.6 Å². The van der Waals surface area contributed by atoms with Gasteiger partial charge in [-0.3, -0.25) is 27.7 Å². The van der Waals surface area contributed by atoms with Crippen LogP contribution in [-0.2, 0) is 45.9 Å². The van der Waals surface area contributed by atoms with E-state index in [0.717, 1.165) is 17.2 Å². The molecule has 1 aliphatic rings. The normalized spacial score (nSPS) is 23.6. The maximum Gasteiger partial charge on any atom is 0.481 e. The van der Waals surface area contributed by atoms with E-state index in [1.807, 2.05) is 0 Å². The van der Waals surface area contributed by atoms with Crippen molar-refractivity contribution < 1.29 is 75.7 Å². The first-order valence-corrected chi connectivity index (χ1v) is 18.1. The van der Waals surface area contributed by atoms with Crippen LogP contribution < -0.4 is 16.4 Å². The van der Waals surface area contributed by atoms with Crippen LogP contribution in [0, 0.1) is 5.41 Å². The number of aliphatic hydroxyl groups excluding tert-OH is 2. The molecule has 2 unspecified atom stereocenters. The van der Waals surface area contributed by atoms with Crippen LogP contribution in [0.25, 0.3) is 11.2 Å². The number of aliphatic hydroxyl groups is 2. The molecule has 0 aromatic carbocycles. The smallest absolute Gasteiger partial charge is 0.386 e. The highest BCUT2D eigenvalue weighted by Gasteiger charge is 2.50. The van der Waals surface area contributed by atoms with Crippen LogP contribution in [0.3, 0.4) is 0 Å². The van der Waals surface area contributed by atoms with E-state index in [4.69, 9.17) is 19.5 Å². The minimum absolute atomic E-state index is 0.0346. The van der Waals surface area contributed by atoms with E-state index in [-0.39, 0.29) is 35.9 Å². The minimum atomic E-state index is -5.53. The Morgan fingerprint density at radius 3 is 2.40 bits per heavy atom. The van der Waals surface area contributed by atoms with Crippen molar-refractivity contribution in [1.29, 1.82) is 0 Å². The largest absolute Gasteiger partial charge is 0.481 e. The number of phosphoric acid groups is 3. The van der Waals surface area contributed by atoms with Gasteiger partial charge in [0.2, 0.25) is 11.8 Å². The van der Waals surface area contributed by atoms with E-state index in [0.29, 0.717) is 6.54 Å². The summed E-state index contributed by atoms with van der Waals surface area (Å²) in [5, 5.41) is 26.0. The first-order chi connectivity index (χ1) is 21.7. The molecule has 7 atom stereocenters. The fourth-order valence-electron chi connectivity index (χ4n) is 4.14. The third-order valence-corrected chi connectivity index (χ3v) is 9.55. The van der Waals surface area contributed by atoms with Crippen LogP contribution in [0.5, 0.6) is 0 Å². The quantitative estimate of drug-likeness (QED) is 0.0828. The summed E-state index contributed by atoms with van der Waals surface area (Å²) in [4.78, 5) is 74.4. The summed E-state index contributed by atoms with van der Waals surface area (Å²) in [6, 6.07) is 0. The number of imidazole rings is 1. The second-order valence-corrected chi connectivity index (χ2v) is 14.9. The first kappa shape index (κ1) is 39.0. The third kappa shape index (κ3) is 10.8. The fraction of sp³-hybridized carbons (Fsp3) is 0.667. The van der Waals surface area contributed by atoms with Gasteiger partial charge >= 0.3 is 23.5 Å². The lowest BCUT2D eigenvalue weighted by atomic mass is 9.87. The van der Waals surface area contributed by atoms with Gasteiger partial charge in [-0.15, -0.1) is 0 Å². The Morgan fingerprint density at radius 1 is 1.11 bits per heavy atom. The Bertz CT molecular complexity index is 1570. The number of nitrogen functional groups attached to an aromatic ring is 1. The Morgan fingerprint density at radius 2 is 1.77 bits per heavy atom. The van der Waals surface area contributed by atoms with E-state index >= 15 is 0 Å². The zero-order valence-corrected chi connectivity index (χ0v) is 27.7. The van der Waals surface area contributed by atoms with E-state index in [1.165, 1.54) is 13.8 Å². The Balaban J connectivity index is 1.63. The highest BCUT2D eigenvalue weighted by molar-refractivity contribution is 7.61. The molecule has 2 aromatic heterocycles. The molecule has 2 aromatic rings. The number of rotatable bonds is 17. The van der Waals surface area contributed by atoms with E-state index in [9.17, 15) is 53.1 Å². The van der Waals surface area contributed by atoms with Crippen LogP contribution >= 0.6 is 23.5 Å². The molecule has 0 spiro atoms. The van der Waals surface area contributed by atoms with Gasteiger partial charge in [0, 0.05) is 24.9 Å². The highest BCUT2D eigenvalue weighted by atomic mass is 31.3. The fourth-order valence-corrected chi connectivity index (χ4v) is 6.97. The summed E-state index contributed by atoms with van der Waals surface area (Å²) in [6.45, 7) is 2.54. The standard InChI is InChI=1S/C21H36N7O16P3/c1-4-23-12(29)5-6-24-19(32)16(31)21(2,3)8-41-47(38,39)44-46(36,37)40-7-11-15(43-45(33,34)35)14(30)20(42-11)28-10-27-13-17(22)25-9-26-18(13)28/h9-11,14-16,20,30-31H,4-8H2,1-3H3,(H,23,29)(H,24,32)(H,36,37)(H,38,39)(H2,22,25,26)(H2,33,34,35)/t11-,14-,15-,16+,20-/m0/s1. The van der Waals surface area contributed by atoms with Crippen LogP contribution in [0.4, 0.5) is 5.82 Å². The number of nitrogens with one attached hydrogen (secondary N) is 2. The summed E-state index contributed by atoms with van der Waals surface area (Å²) in [5.74, 6) is -1.31. The molecule has 2 amide bonds. The van der Waals surface area contributed by atoms with E-state index in [1.54, 1.807) is 6.92 Å². The number of carbonyl (C=O) groups is 2. The van der Waals surface area contributed by atoms with Gasteiger partial charge in [-0.05, 0) is 6.92 Å². The van der Waals surface area contributed by atoms with Gasteiger partial charge in [-0.2, -0.15) is 4.31 Å². The molecule has 0 saturated carbocycles. The molecule has 10 N–H and O–H groups in total.